The molecule has 2 N–H and O–H groups in total. The first-order chi connectivity index (χ1) is 6.80. The molecule has 4 nitrogen and oxygen atoms in total. The van der Waals surface area contributed by atoms with Gasteiger partial charge in [0, 0.05) is 6.04 Å². The van der Waals surface area contributed by atoms with Crippen LogP contribution in [0.25, 0.3) is 0 Å². The summed E-state index contributed by atoms with van der Waals surface area (Å²) in [6.07, 6.45) is 0. The Kier molecular flexibility index (Phi) is 4.20. The van der Waals surface area contributed by atoms with E-state index >= 15 is 0 Å². The maximum absolute atomic E-state index is 11.3. The first kappa shape index (κ1) is 13.0. The van der Waals surface area contributed by atoms with E-state index in [1.165, 1.54) is 0 Å². The second kappa shape index (κ2) is 4.84. The van der Waals surface area contributed by atoms with E-state index in [0.717, 1.165) is 0 Å². The maximum atomic E-state index is 11.3. The molecule has 0 aliphatic carbocycles. The molecule has 1 aliphatic rings. The van der Waals surface area contributed by atoms with Crippen molar-refractivity contribution < 1.29 is 8.42 Å². The van der Waals surface area contributed by atoms with Crippen molar-refractivity contribution in [3.8, 4) is 0 Å². The van der Waals surface area contributed by atoms with Crippen molar-refractivity contribution in [1.82, 2.24) is 10.6 Å². The van der Waals surface area contributed by atoms with E-state index in [-0.39, 0.29) is 23.6 Å². The Morgan fingerprint density at radius 1 is 1.47 bits per heavy atom. The van der Waals surface area contributed by atoms with Gasteiger partial charge in [0.15, 0.2) is 14.9 Å². The minimum absolute atomic E-state index is 0.0243. The quantitative estimate of drug-likeness (QED) is 0.557. The van der Waals surface area contributed by atoms with Gasteiger partial charge in [-0.05, 0) is 26.1 Å². The van der Waals surface area contributed by atoms with Gasteiger partial charge in [0.1, 0.15) is 0 Å². The Labute approximate surface area is 101 Å². The molecule has 0 spiro atoms. The molecule has 0 amide bonds. The molecule has 1 heterocycles. The molecule has 15 heavy (non-hydrogen) atoms. The van der Waals surface area contributed by atoms with Crippen LogP contribution in [-0.2, 0) is 9.84 Å². The average molecular weight is 271 g/mol. The number of halogens is 1. The number of hydrogen-bond acceptors (Lipinski definition) is 3. The third kappa shape index (κ3) is 4.12. The number of sulfone groups is 1. The largest absolute Gasteiger partial charge is 0.361 e. The monoisotopic (exact) mass is 270 g/mol. The Morgan fingerprint density at radius 3 is 2.47 bits per heavy atom. The Hall–Kier alpha value is -0.0700. The Balaban J connectivity index is 2.50. The summed E-state index contributed by atoms with van der Waals surface area (Å²) < 4.78 is 22.5. The van der Waals surface area contributed by atoms with E-state index in [4.69, 9.17) is 23.8 Å². The van der Waals surface area contributed by atoms with Crippen LogP contribution in [0.1, 0.15) is 13.8 Å². The molecule has 0 aromatic carbocycles. The van der Waals surface area contributed by atoms with Gasteiger partial charge in [-0.2, -0.15) is 0 Å². The van der Waals surface area contributed by atoms with Crippen molar-refractivity contribution >= 4 is 38.8 Å². The highest BCUT2D eigenvalue weighted by Crippen LogP contribution is 2.17. The predicted molar refractivity (Wildman–Crippen MR) is 66.1 cm³/mol. The van der Waals surface area contributed by atoms with E-state index in [9.17, 15) is 8.42 Å². The van der Waals surface area contributed by atoms with E-state index in [1.54, 1.807) is 0 Å². The lowest BCUT2D eigenvalue weighted by molar-refractivity contribution is 0.599. The number of thiocarbonyl (C=S) groups is 1. The first-order valence-electron chi connectivity index (χ1n) is 4.71. The SMILES string of the molecule is CC(C)NC(=S)N[C@@H]1CS(=O)(=O)C[C@@H]1Cl. The molecule has 7 heteroatoms. The molecule has 1 rings (SSSR count). The van der Waals surface area contributed by atoms with E-state index in [2.05, 4.69) is 10.6 Å². The summed E-state index contributed by atoms with van der Waals surface area (Å²) in [4.78, 5) is 0. The van der Waals surface area contributed by atoms with E-state index in [0.29, 0.717) is 5.11 Å². The lowest BCUT2D eigenvalue weighted by atomic mass is 10.2. The summed E-state index contributed by atoms with van der Waals surface area (Å²) in [5, 5.41) is 5.96. The van der Waals surface area contributed by atoms with Crippen LogP contribution in [0.5, 0.6) is 0 Å². The van der Waals surface area contributed by atoms with Crippen LogP contribution in [0.15, 0.2) is 0 Å². The van der Waals surface area contributed by atoms with Crippen LogP contribution >= 0.6 is 23.8 Å². The lowest BCUT2D eigenvalue weighted by Crippen LogP contribution is -2.47. The molecule has 0 radical (unpaired) electrons. The third-order valence-electron chi connectivity index (χ3n) is 2.02. The minimum atomic E-state index is -3.00. The second-order valence-electron chi connectivity index (χ2n) is 3.97. The van der Waals surface area contributed by atoms with Crippen LogP contribution in [0, 0.1) is 0 Å². The topological polar surface area (TPSA) is 58.2 Å². The molecule has 0 saturated carbocycles. The van der Waals surface area contributed by atoms with Gasteiger partial charge < -0.3 is 10.6 Å². The van der Waals surface area contributed by atoms with Gasteiger partial charge in [-0.3, -0.25) is 0 Å². The number of alkyl halides is 1. The molecule has 0 unspecified atom stereocenters. The van der Waals surface area contributed by atoms with Crippen molar-refractivity contribution in [2.24, 2.45) is 0 Å². The van der Waals surface area contributed by atoms with Gasteiger partial charge in [-0.15, -0.1) is 11.6 Å². The zero-order valence-electron chi connectivity index (χ0n) is 8.66. The highest BCUT2D eigenvalue weighted by molar-refractivity contribution is 7.91. The lowest BCUT2D eigenvalue weighted by Gasteiger charge is -2.19. The zero-order chi connectivity index (χ0) is 11.6. The van der Waals surface area contributed by atoms with E-state index < -0.39 is 15.2 Å². The van der Waals surface area contributed by atoms with Gasteiger partial charge >= 0.3 is 0 Å². The number of nitrogens with one attached hydrogen (secondary N) is 2. The van der Waals surface area contributed by atoms with Crippen molar-refractivity contribution in [1.29, 1.82) is 0 Å². The molecule has 0 aromatic rings. The summed E-state index contributed by atoms with van der Waals surface area (Å²) in [6, 6.07) is -0.0628. The smallest absolute Gasteiger partial charge is 0.166 e. The fourth-order valence-electron chi connectivity index (χ4n) is 1.41. The van der Waals surface area contributed by atoms with Crippen LogP contribution in [0.3, 0.4) is 0 Å². The second-order valence-corrected chi connectivity index (χ2v) is 7.09. The fourth-order valence-corrected chi connectivity index (χ4v) is 4.35. The van der Waals surface area contributed by atoms with Gasteiger partial charge in [-0.1, -0.05) is 0 Å². The predicted octanol–water partition coefficient (Wildman–Crippen LogP) is 0.263. The van der Waals surface area contributed by atoms with Crippen LogP contribution in [0.4, 0.5) is 0 Å². The first-order valence-corrected chi connectivity index (χ1v) is 7.38. The van der Waals surface area contributed by atoms with Crippen molar-refractivity contribution in [3.63, 3.8) is 0 Å². The molecule has 1 fully saturated rings. The van der Waals surface area contributed by atoms with Crippen molar-refractivity contribution in [2.45, 2.75) is 31.3 Å². The van der Waals surface area contributed by atoms with Crippen molar-refractivity contribution in [2.75, 3.05) is 11.5 Å². The standard InChI is InChI=1S/C8H15ClN2O2S2/c1-5(2)10-8(14)11-7-4-15(12,13)3-6(7)9/h5-7H,3-4H2,1-2H3,(H2,10,11,14)/t6-,7+/m0/s1. The molecule has 1 saturated heterocycles. The zero-order valence-corrected chi connectivity index (χ0v) is 11.0. The van der Waals surface area contributed by atoms with Gasteiger partial charge in [-0.25, -0.2) is 8.42 Å². The molecule has 0 bridgehead atoms. The number of rotatable bonds is 2. The van der Waals surface area contributed by atoms with Gasteiger partial charge in [0.05, 0.1) is 22.9 Å². The summed E-state index contributed by atoms with van der Waals surface area (Å²) in [7, 11) is -3.00. The summed E-state index contributed by atoms with van der Waals surface area (Å²) in [5.74, 6) is 0.0809. The summed E-state index contributed by atoms with van der Waals surface area (Å²) in [5.41, 5.74) is 0. The molecule has 0 aromatic heterocycles. The molecule has 88 valence electrons. The van der Waals surface area contributed by atoms with Gasteiger partial charge in [0.2, 0.25) is 0 Å². The van der Waals surface area contributed by atoms with E-state index in [1.807, 2.05) is 13.8 Å². The molecule has 2 atom stereocenters. The minimum Gasteiger partial charge on any atom is -0.361 e. The summed E-state index contributed by atoms with van der Waals surface area (Å²) >= 11 is 10.9. The average Bonchev–Trinajstić information content (AvgIpc) is 2.22. The fraction of sp³-hybridized carbons (Fsp3) is 0.875. The normalized spacial score (nSPS) is 29.1. The van der Waals surface area contributed by atoms with Crippen molar-refractivity contribution in [3.05, 3.63) is 0 Å². The van der Waals surface area contributed by atoms with Gasteiger partial charge in [0.25, 0.3) is 0 Å². The summed E-state index contributed by atoms with van der Waals surface area (Å²) in [6.45, 7) is 3.91. The molecular weight excluding hydrogens is 256 g/mol. The Bertz CT molecular complexity index is 343. The van der Waals surface area contributed by atoms with Crippen LogP contribution in [0.2, 0.25) is 0 Å². The maximum Gasteiger partial charge on any atom is 0.166 e. The van der Waals surface area contributed by atoms with Crippen LogP contribution < -0.4 is 10.6 Å². The molecular formula is C8H15ClN2O2S2. The number of hydrogen-bond donors (Lipinski definition) is 2. The highest BCUT2D eigenvalue weighted by Gasteiger charge is 2.36. The highest BCUT2D eigenvalue weighted by atomic mass is 35.5. The third-order valence-corrected chi connectivity index (χ3v) is 4.63. The molecule has 1 aliphatic heterocycles. The Morgan fingerprint density at radius 2 is 2.07 bits per heavy atom. The van der Waals surface area contributed by atoms with Crippen LogP contribution in [-0.4, -0.2) is 42.5 Å².